The zero-order chi connectivity index (χ0) is 24.6. The number of hydrogen-bond acceptors (Lipinski definition) is 6. The molecule has 2 heterocycles. The van der Waals surface area contributed by atoms with Crippen LogP contribution in [0.4, 0.5) is 5.69 Å². The van der Waals surface area contributed by atoms with Crippen molar-refractivity contribution < 1.29 is 14.7 Å². The summed E-state index contributed by atoms with van der Waals surface area (Å²) >= 11 is 0. The number of nitrogens with one attached hydrogen (secondary N) is 3. The molecule has 1 aliphatic heterocycles. The van der Waals surface area contributed by atoms with Crippen molar-refractivity contribution in [2.75, 3.05) is 38.1 Å². The van der Waals surface area contributed by atoms with Crippen LogP contribution in [0.1, 0.15) is 71.9 Å². The van der Waals surface area contributed by atoms with Crippen LogP contribution in [0.25, 0.3) is 5.57 Å². The van der Waals surface area contributed by atoms with Crippen LogP contribution in [0, 0.1) is 0 Å². The van der Waals surface area contributed by atoms with Gasteiger partial charge in [-0.1, -0.05) is 12.1 Å². The van der Waals surface area contributed by atoms with Crippen LogP contribution in [0.5, 0.6) is 0 Å². The lowest BCUT2D eigenvalue weighted by Gasteiger charge is -2.33. The number of carbonyl (C=O) groups is 2. The van der Waals surface area contributed by atoms with E-state index < -0.39 is 0 Å². The average molecular weight is 481 g/mol. The number of carbonyl (C=O) groups excluding carboxylic acids is 2. The van der Waals surface area contributed by atoms with Gasteiger partial charge in [0.25, 0.3) is 5.91 Å². The SMILES string of the molecule is NCc1cnc(C(=O)Nc2ccc(C3CCN(C(=O)CNCCO)CC3)cc2C2=CCCCC2)[nH]1. The zero-order valence-corrected chi connectivity index (χ0v) is 20.2. The molecule has 35 heavy (non-hydrogen) atoms. The highest BCUT2D eigenvalue weighted by molar-refractivity contribution is 6.03. The van der Waals surface area contributed by atoms with Crippen LogP contribution in [-0.2, 0) is 11.3 Å². The largest absolute Gasteiger partial charge is 0.395 e. The van der Waals surface area contributed by atoms with Gasteiger partial charge in [0.2, 0.25) is 5.91 Å². The molecule has 188 valence electrons. The molecule has 1 aromatic heterocycles. The maximum absolute atomic E-state index is 12.8. The number of benzene rings is 1. The number of H-pyrrole nitrogens is 1. The molecule has 0 radical (unpaired) electrons. The highest BCUT2D eigenvalue weighted by atomic mass is 16.3. The number of anilines is 1. The molecule has 4 rings (SSSR count). The molecule has 0 saturated carbocycles. The lowest BCUT2D eigenvalue weighted by atomic mass is 9.85. The van der Waals surface area contributed by atoms with E-state index in [2.05, 4.69) is 38.8 Å². The maximum Gasteiger partial charge on any atom is 0.291 e. The van der Waals surface area contributed by atoms with Gasteiger partial charge in [0, 0.05) is 43.1 Å². The van der Waals surface area contributed by atoms with Crippen molar-refractivity contribution in [3.63, 3.8) is 0 Å². The van der Waals surface area contributed by atoms with Crippen molar-refractivity contribution in [2.24, 2.45) is 5.73 Å². The molecule has 1 aromatic carbocycles. The minimum Gasteiger partial charge on any atom is -0.395 e. The first-order chi connectivity index (χ1) is 17.1. The molecule has 1 saturated heterocycles. The molecule has 0 bridgehead atoms. The molecule has 0 unspecified atom stereocenters. The highest BCUT2D eigenvalue weighted by Crippen LogP contribution is 2.36. The first kappa shape index (κ1) is 25.1. The van der Waals surface area contributed by atoms with Gasteiger partial charge in [-0.15, -0.1) is 0 Å². The fourth-order valence-corrected chi connectivity index (χ4v) is 4.88. The van der Waals surface area contributed by atoms with E-state index in [9.17, 15) is 9.59 Å². The number of aromatic nitrogens is 2. The van der Waals surface area contributed by atoms with Crippen molar-refractivity contribution in [3.05, 3.63) is 53.1 Å². The Balaban J connectivity index is 1.48. The van der Waals surface area contributed by atoms with Crippen LogP contribution in [0.15, 0.2) is 30.5 Å². The van der Waals surface area contributed by atoms with Crippen LogP contribution in [0.2, 0.25) is 0 Å². The lowest BCUT2D eigenvalue weighted by molar-refractivity contribution is -0.131. The molecule has 2 aliphatic rings. The van der Waals surface area contributed by atoms with E-state index in [0.717, 1.165) is 62.1 Å². The Morgan fingerprint density at radius 1 is 1.23 bits per heavy atom. The van der Waals surface area contributed by atoms with Gasteiger partial charge >= 0.3 is 0 Å². The summed E-state index contributed by atoms with van der Waals surface area (Å²) < 4.78 is 0. The number of nitrogens with two attached hydrogens (primary N) is 1. The number of aliphatic hydroxyl groups excluding tert-OH is 1. The summed E-state index contributed by atoms with van der Waals surface area (Å²) in [5.74, 6) is 0.424. The molecule has 0 spiro atoms. The van der Waals surface area contributed by atoms with Gasteiger partial charge in [0.1, 0.15) is 0 Å². The Kier molecular flexibility index (Phi) is 8.68. The quantitative estimate of drug-likeness (QED) is 0.350. The molecular weight excluding hydrogens is 444 g/mol. The van der Waals surface area contributed by atoms with Gasteiger partial charge in [-0.3, -0.25) is 9.59 Å². The van der Waals surface area contributed by atoms with Crippen LogP contribution in [-0.4, -0.2) is 64.6 Å². The minimum atomic E-state index is -0.281. The summed E-state index contributed by atoms with van der Waals surface area (Å²) in [6.45, 7) is 2.47. The number of imidazole rings is 1. The van der Waals surface area contributed by atoms with Crippen molar-refractivity contribution in [1.29, 1.82) is 0 Å². The van der Waals surface area contributed by atoms with E-state index in [4.69, 9.17) is 10.8 Å². The summed E-state index contributed by atoms with van der Waals surface area (Å²) in [6.07, 6.45) is 10.1. The fourth-order valence-electron chi connectivity index (χ4n) is 4.88. The summed E-state index contributed by atoms with van der Waals surface area (Å²) in [7, 11) is 0. The zero-order valence-electron chi connectivity index (χ0n) is 20.2. The second kappa shape index (κ2) is 12.1. The number of piperidine rings is 1. The number of rotatable bonds is 9. The Labute approximate surface area is 206 Å². The first-order valence-electron chi connectivity index (χ1n) is 12.6. The van der Waals surface area contributed by atoms with E-state index in [1.54, 1.807) is 6.20 Å². The van der Waals surface area contributed by atoms with Gasteiger partial charge < -0.3 is 31.4 Å². The summed E-state index contributed by atoms with van der Waals surface area (Å²) in [6, 6.07) is 6.33. The van der Waals surface area contributed by atoms with E-state index in [1.807, 2.05) is 11.0 Å². The normalized spacial score (nSPS) is 16.7. The molecule has 1 aliphatic carbocycles. The lowest BCUT2D eigenvalue weighted by Crippen LogP contribution is -2.43. The molecular formula is C26H36N6O3. The summed E-state index contributed by atoms with van der Waals surface area (Å²) in [5.41, 5.74) is 10.7. The second-order valence-corrected chi connectivity index (χ2v) is 9.25. The molecule has 0 atom stereocenters. The number of aromatic amines is 1. The fraction of sp³-hybridized carbons (Fsp3) is 0.500. The van der Waals surface area contributed by atoms with Crippen LogP contribution in [0.3, 0.4) is 0 Å². The maximum atomic E-state index is 12.8. The van der Waals surface area contributed by atoms with E-state index in [0.29, 0.717) is 19.0 Å². The monoisotopic (exact) mass is 480 g/mol. The van der Waals surface area contributed by atoms with Crippen molar-refractivity contribution in [1.82, 2.24) is 20.2 Å². The Hall–Kier alpha value is -3.01. The van der Waals surface area contributed by atoms with Crippen LogP contribution < -0.4 is 16.4 Å². The number of allylic oxidation sites excluding steroid dienone is 2. The predicted octanol–water partition coefficient (Wildman–Crippen LogP) is 2.37. The number of nitrogens with zero attached hydrogens (tertiary/aromatic N) is 2. The van der Waals surface area contributed by atoms with Crippen molar-refractivity contribution in [3.8, 4) is 0 Å². The average Bonchev–Trinajstić information content (AvgIpc) is 3.39. The number of likely N-dealkylation sites (tertiary alicyclic amines) is 1. The van der Waals surface area contributed by atoms with Crippen LogP contribution >= 0.6 is 0 Å². The predicted molar refractivity (Wildman–Crippen MR) is 136 cm³/mol. The molecule has 2 amide bonds. The topological polar surface area (TPSA) is 136 Å². The number of amides is 2. The van der Waals surface area contributed by atoms with Gasteiger partial charge in [-0.25, -0.2) is 4.98 Å². The van der Waals surface area contributed by atoms with Gasteiger partial charge in [-0.05, 0) is 67.7 Å². The Morgan fingerprint density at radius 2 is 2.06 bits per heavy atom. The third kappa shape index (κ3) is 6.36. The standard InChI is InChI=1S/C26H36N6O3/c27-15-21-16-29-25(30-21)26(35)31-23-7-6-20(14-22(23)19-4-2-1-3-5-19)18-8-11-32(12-9-18)24(34)17-28-10-13-33/h4,6-7,14,16,18,28,33H,1-3,5,8-13,15,17,27H2,(H,29,30)(H,31,35). The Morgan fingerprint density at radius 3 is 2.74 bits per heavy atom. The van der Waals surface area contributed by atoms with Gasteiger partial charge in [-0.2, -0.15) is 0 Å². The number of aliphatic hydroxyl groups is 1. The van der Waals surface area contributed by atoms with E-state index in [1.165, 1.54) is 17.6 Å². The third-order valence-electron chi connectivity index (χ3n) is 6.88. The Bertz CT molecular complexity index is 1060. The molecule has 2 aromatic rings. The molecule has 9 heteroatoms. The minimum absolute atomic E-state index is 0.0286. The van der Waals surface area contributed by atoms with E-state index in [-0.39, 0.29) is 30.8 Å². The van der Waals surface area contributed by atoms with Gasteiger partial charge in [0.05, 0.1) is 19.3 Å². The van der Waals surface area contributed by atoms with E-state index >= 15 is 0 Å². The van der Waals surface area contributed by atoms with Gasteiger partial charge in [0.15, 0.2) is 5.82 Å². The first-order valence-corrected chi connectivity index (χ1v) is 12.6. The number of hydrogen-bond donors (Lipinski definition) is 5. The third-order valence-corrected chi connectivity index (χ3v) is 6.88. The molecule has 6 N–H and O–H groups in total. The highest BCUT2D eigenvalue weighted by Gasteiger charge is 2.25. The molecule has 9 nitrogen and oxygen atoms in total. The van der Waals surface area contributed by atoms with Crippen molar-refractivity contribution in [2.45, 2.75) is 51.0 Å². The smallest absolute Gasteiger partial charge is 0.291 e. The summed E-state index contributed by atoms with van der Waals surface area (Å²) in [4.78, 5) is 34.2. The molecule has 1 fully saturated rings. The second-order valence-electron chi connectivity index (χ2n) is 9.25. The summed E-state index contributed by atoms with van der Waals surface area (Å²) in [5, 5.41) is 14.9. The van der Waals surface area contributed by atoms with Crippen molar-refractivity contribution >= 4 is 23.1 Å².